The number of thioether (sulfide) groups is 1. The van der Waals surface area contributed by atoms with Gasteiger partial charge >= 0.3 is 0 Å². The molecule has 128 valence electrons. The highest BCUT2D eigenvalue weighted by molar-refractivity contribution is 7.98. The number of amides is 1. The Kier molecular flexibility index (Phi) is 5.35. The molecule has 0 spiro atoms. The van der Waals surface area contributed by atoms with E-state index in [0.717, 1.165) is 11.3 Å². The van der Waals surface area contributed by atoms with Crippen molar-refractivity contribution < 1.29 is 14.1 Å². The van der Waals surface area contributed by atoms with Gasteiger partial charge in [-0.3, -0.25) is 4.79 Å². The van der Waals surface area contributed by atoms with Crippen molar-refractivity contribution in [1.29, 1.82) is 0 Å². The molecule has 1 aromatic carbocycles. The maximum Gasteiger partial charge on any atom is 0.254 e. The van der Waals surface area contributed by atoms with E-state index < -0.39 is 0 Å². The number of carbonyl (C=O) groups is 1. The van der Waals surface area contributed by atoms with Crippen LogP contribution in [0.5, 0.6) is 5.75 Å². The van der Waals surface area contributed by atoms with Gasteiger partial charge in [-0.25, -0.2) is 4.98 Å². The SMILES string of the molecule is COc1ccc(-c2cc(CNC(=O)c3cccnc3SC)no2)cc1. The molecule has 0 saturated heterocycles. The molecule has 3 rings (SSSR count). The molecule has 3 aromatic rings. The molecule has 2 aromatic heterocycles. The maximum atomic E-state index is 12.3. The molecular formula is C18H17N3O3S. The van der Waals surface area contributed by atoms with E-state index in [0.29, 0.717) is 22.0 Å². The van der Waals surface area contributed by atoms with Crippen molar-refractivity contribution in [2.24, 2.45) is 0 Å². The highest BCUT2D eigenvalue weighted by atomic mass is 32.2. The number of ether oxygens (including phenoxy) is 1. The van der Waals surface area contributed by atoms with Crippen molar-refractivity contribution in [2.75, 3.05) is 13.4 Å². The van der Waals surface area contributed by atoms with Gasteiger partial charge in [0, 0.05) is 17.8 Å². The molecule has 6 nitrogen and oxygen atoms in total. The Hall–Kier alpha value is -2.80. The number of pyridine rings is 1. The van der Waals surface area contributed by atoms with Crippen LogP contribution in [0.4, 0.5) is 0 Å². The minimum absolute atomic E-state index is 0.188. The Morgan fingerprint density at radius 1 is 1.28 bits per heavy atom. The molecule has 0 bridgehead atoms. The monoisotopic (exact) mass is 355 g/mol. The zero-order chi connectivity index (χ0) is 17.6. The quantitative estimate of drug-likeness (QED) is 0.683. The standard InChI is InChI=1S/C18H17N3O3S/c1-23-14-7-5-12(6-8-14)16-10-13(21-24-16)11-20-17(22)15-4-3-9-19-18(15)25-2/h3-10H,11H2,1-2H3,(H,20,22). The van der Waals surface area contributed by atoms with E-state index >= 15 is 0 Å². The smallest absolute Gasteiger partial charge is 0.254 e. The van der Waals surface area contributed by atoms with Gasteiger partial charge in [0.15, 0.2) is 5.76 Å². The Labute approximate surface area is 149 Å². The maximum absolute atomic E-state index is 12.3. The summed E-state index contributed by atoms with van der Waals surface area (Å²) in [5, 5.41) is 7.53. The molecule has 0 radical (unpaired) electrons. The summed E-state index contributed by atoms with van der Waals surface area (Å²) in [6.45, 7) is 0.279. The van der Waals surface area contributed by atoms with Gasteiger partial charge in [-0.05, 0) is 42.7 Å². The third-order valence-corrected chi connectivity index (χ3v) is 4.28. The number of nitrogens with one attached hydrogen (secondary N) is 1. The van der Waals surface area contributed by atoms with Crippen LogP contribution in [0.2, 0.25) is 0 Å². The lowest BCUT2D eigenvalue weighted by molar-refractivity contribution is 0.0946. The zero-order valence-electron chi connectivity index (χ0n) is 13.9. The summed E-state index contributed by atoms with van der Waals surface area (Å²) in [6.07, 6.45) is 3.55. The average Bonchev–Trinajstić information content (AvgIpc) is 3.15. The van der Waals surface area contributed by atoms with Crippen molar-refractivity contribution in [3.63, 3.8) is 0 Å². The van der Waals surface area contributed by atoms with Crippen LogP contribution in [-0.2, 0) is 6.54 Å². The van der Waals surface area contributed by atoms with Crippen LogP contribution >= 0.6 is 11.8 Å². The molecular weight excluding hydrogens is 338 g/mol. The van der Waals surface area contributed by atoms with Gasteiger partial charge in [0.25, 0.3) is 5.91 Å². The lowest BCUT2D eigenvalue weighted by Gasteiger charge is -2.06. The minimum atomic E-state index is -0.188. The molecule has 1 N–H and O–H groups in total. The van der Waals surface area contributed by atoms with Gasteiger partial charge in [-0.1, -0.05) is 5.16 Å². The number of rotatable bonds is 6. The van der Waals surface area contributed by atoms with Gasteiger partial charge in [-0.15, -0.1) is 11.8 Å². The molecule has 2 heterocycles. The number of methoxy groups -OCH3 is 1. The van der Waals surface area contributed by atoms with Crippen LogP contribution in [0.1, 0.15) is 16.1 Å². The number of hydrogen-bond acceptors (Lipinski definition) is 6. The zero-order valence-corrected chi connectivity index (χ0v) is 14.7. The predicted octanol–water partition coefficient (Wildman–Crippen LogP) is 3.40. The van der Waals surface area contributed by atoms with Crippen LogP contribution in [0.3, 0.4) is 0 Å². The third kappa shape index (κ3) is 4.00. The summed E-state index contributed by atoms with van der Waals surface area (Å²) in [7, 11) is 1.62. The minimum Gasteiger partial charge on any atom is -0.497 e. The first-order valence-corrected chi connectivity index (χ1v) is 8.81. The van der Waals surface area contributed by atoms with Crippen molar-refractivity contribution >= 4 is 17.7 Å². The first-order chi connectivity index (χ1) is 12.2. The summed E-state index contributed by atoms with van der Waals surface area (Å²) in [4.78, 5) is 16.5. The van der Waals surface area contributed by atoms with Gasteiger partial charge in [0.2, 0.25) is 0 Å². The number of benzene rings is 1. The molecule has 0 aliphatic rings. The normalized spacial score (nSPS) is 10.5. The fraction of sp³-hybridized carbons (Fsp3) is 0.167. The first kappa shape index (κ1) is 17.0. The molecule has 0 fully saturated rings. The van der Waals surface area contributed by atoms with Gasteiger partial charge < -0.3 is 14.6 Å². The van der Waals surface area contributed by atoms with Gasteiger partial charge in [-0.2, -0.15) is 0 Å². The second kappa shape index (κ2) is 7.85. The van der Waals surface area contributed by atoms with E-state index in [2.05, 4.69) is 15.5 Å². The average molecular weight is 355 g/mol. The third-order valence-electron chi connectivity index (χ3n) is 3.57. The topological polar surface area (TPSA) is 77.2 Å². The molecule has 1 amide bonds. The highest BCUT2D eigenvalue weighted by Crippen LogP contribution is 2.23. The van der Waals surface area contributed by atoms with E-state index in [9.17, 15) is 4.79 Å². The summed E-state index contributed by atoms with van der Waals surface area (Å²) in [6, 6.07) is 12.8. The Bertz CT molecular complexity index is 862. The highest BCUT2D eigenvalue weighted by Gasteiger charge is 2.13. The fourth-order valence-electron chi connectivity index (χ4n) is 2.28. The van der Waals surface area contributed by atoms with Crippen LogP contribution in [0, 0.1) is 0 Å². The van der Waals surface area contributed by atoms with Crippen LogP contribution in [0.15, 0.2) is 58.2 Å². The van der Waals surface area contributed by atoms with Gasteiger partial charge in [0.05, 0.1) is 19.2 Å². The summed E-state index contributed by atoms with van der Waals surface area (Å²) >= 11 is 1.43. The molecule has 0 atom stereocenters. The van der Waals surface area contributed by atoms with E-state index in [-0.39, 0.29) is 12.5 Å². The van der Waals surface area contributed by atoms with E-state index in [1.54, 1.807) is 31.5 Å². The van der Waals surface area contributed by atoms with E-state index in [4.69, 9.17) is 9.26 Å². The molecule has 0 saturated carbocycles. The summed E-state index contributed by atoms with van der Waals surface area (Å²) in [5.41, 5.74) is 2.09. The Morgan fingerprint density at radius 2 is 2.08 bits per heavy atom. The molecule has 0 aliphatic heterocycles. The summed E-state index contributed by atoms with van der Waals surface area (Å²) < 4.78 is 10.5. The second-order valence-corrected chi connectivity index (χ2v) is 5.95. The molecule has 0 aliphatic carbocycles. The summed E-state index contributed by atoms with van der Waals surface area (Å²) in [5.74, 6) is 1.22. The largest absolute Gasteiger partial charge is 0.497 e. The van der Waals surface area contributed by atoms with Gasteiger partial charge in [0.1, 0.15) is 16.5 Å². The molecule has 25 heavy (non-hydrogen) atoms. The first-order valence-electron chi connectivity index (χ1n) is 7.58. The molecule has 0 unspecified atom stereocenters. The Balaban J connectivity index is 1.66. The van der Waals surface area contributed by atoms with E-state index in [1.165, 1.54) is 11.8 Å². The fourth-order valence-corrected chi connectivity index (χ4v) is 2.83. The van der Waals surface area contributed by atoms with Crippen LogP contribution in [0.25, 0.3) is 11.3 Å². The predicted molar refractivity (Wildman–Crippen MR) is 95.7 cm³/mol. The number of hydrogen-bond donors (Lipinski definition) is 1. The lowest BCUT2D eigenvalue weighted by Crippen LogP contribution is -2.23. The number of nitrogens with zero attached hydrogens (tertiary/aromatic N) is 2. The van der Waals surface area contributed by atoms with Crippen LogP contribution < -0.4 is 10.1 Å². The van der Waals surface area contributed by atoms with Crippen molar-refractivity contribution in [1.82, 2.24) is 15.5 Å². The number of aromatic nitrogens is 2. The van der Waals surface area contributed by atoms with E-state index in [1.807, 2.05) is 30.5 Å². The number of carbonyl (C=O) groups excluding carboxylic acids is 1. The second-order valence-electron chi connectivity index (χ2n) is 5.15. The van der Waals surface area contributed by atoms with Crippen molar-refractivity contribution in [3.8, 4) is 17.1 Å². The van der Waals surface area contributed by atoms with Crippen molar-refractivity contribution in [2.45, 2.75) is 11.6 Å². The Morgan fingerprint density at radius 3 is 2.80 bits per heavy atom. The molecule has 7 heteroatoms. The van der Waals surface area contributed by atoms with Crippen LogP contribution in [-0.4, -0.2) is 29.4 Å². The van der Waals surface area contributed by atoms with Crippen molar-refractivity contribution in [3.05, 3.63) is 59.9 Å². The lowest BCUT2D eigenvalue weighted by atomic mass is 10.1.